The largest absolute Gasteiger partial charge is 0.370 e. The molecule has 1 saturated heterocycles. The zero-order valence-electron chi connectivity index (χ0n) is 7.18. The Bertz CT molecular complexity index is 155. The molecule has 0 bridgehead atoms. The molecule has 0 saturated carbocycles. The van der Waals surface area contributed by atoms with Crippen molar-refractivity contribution in [3.8, 4) is 0 Å². The quantitative estimate of drug-likeness (QED) is 0.153. The third kappa shape index (κ3) is 3.06. The maximum Gasteiger partial charge on any atom is 0.284 e. The Morgan fingerprint density at radius 1 is 1.50 bits per heavy atom. The SMILES string of the molecule is NC(CC[NH+]1CCOCC1)=[NH+]O. The summed E-state index contributed by atoms with van der Waals surface area (Å²) in [5.41, 5.74) is 5.40. The van der Waals surface area contributed by atoms with Crippen LogP contribution in [-0.2, 0) is 4.74 Å². The van der Waals surface area contributed by atoms with E-state index in [0.29, 0.717) is 12.3 Å². The van der Waals surface area contributed by atoms with Crippen LogP contribution in [0.3, 0.4) is 0 Å². The second-order valence-corrected chi connectivity index (χ2v) is 3.00. The first kappa shape index (κ1) is 9.28. The molecule has 0 aliphatic carbocycles. The highest BCUT2D eigenvalue weighted by Crippen LogP contribution is 1.75. The van der Waals surface area contributed by atoms with E-state index in [2.05, 4.69) is 0 Å². The molecule has 1 aliphatic rings. The molecule has 70 valence electrons. The van der Waals surface area contributed by atoms with Gasteiger partial charge in [0.25, 0.3) is 5.84 Å². The molecule has 0 atom stereocenters. The Labute approximate surface area is 71.8 Å². The van der Waals surface area contributed by atoms with Crippen LogP contribution in [0.15, 0.2) is 0 Å². The summed E-state index contributed by atoms with van der Waals surface area (Å²) in [5.74, 6) is 0.439. The lowest BCUT2D eigenvalue weighted by Gasteiger charge is -2.22. The van der Waals surface area contributed by atoms with Crippen LogP contribution in [0, 0.1) is 0 Å². The predicted octanol–water partition coefficient (Wildman–Crippen LogP) is -3.88. The Balaban J connectivity index is 2.13. The van der Waals surface area contributed by atoms with E-state index in [-0.39, 0.29) is 0 Å². The number of hydrogen-bond donors (Lipinski definition) is 4. The van der Waals surface area contributed by atoms with Gasteiger partial charge in [-0.15, -0.1) is 0 Å². The number of nitrogens with one attached hydrogen (secondary N) is 2. The summed E-state index contributed by atoms with van der Waals surface area (Å²) in [6, 6.07) is 0. The van der Waals surface area contributed by atoms with Gasteiger partial charge in [0.05, 0.1) is 19.8 Å². The molecule has 0 unspecified atom stereocenters. The molecule has 1 fully saturated rings. The molecule has 1 aliphatic heterocycles. The standard InChI is InChI=1S/C7H15N3O2/c8-7(9-11)1-2-10-3-5-12-6-4-10/h11H,1-6H2,(H2,8,9)/p+2. The van der Waals surface area contributed by atoms with Gasteiger partial charge in [-0.05, 0) is 0 Å². The van der Waals surface area contributed by atoms with Crippen molar-refractivity contribution in [3.63, 3.8) is 0 Å². The molecular formula is C7H17N3O2+2. The molecule has 1 heterocycles. The van der Waals surface area contributed by atoms with Gasteiger partial charge in [0.15, 0.2) is 0 Å². The maximum atomic E-state index is 8.42. The lowest BCUT2D eigenvalue weighted by molar-refractivity contribution is -0.907. The summed E-state index contributed by atoms with van der Waals surface area (Å²) < 4.78 is 5.21. The summed E-state index contributed by atoms with van der Waals surface area (Å²) in [6.45, 7) is 4.71. The number of quaternary nitrogens is 1. The van der Waals surface area contributed by atoms with E-state index >= 15 is 0 Å². The molecular weight excluding hydrogens is 158 g/mol. The molecule has 1 rings (SSSR count). The average molecular weight is 175 g/mol. The number of nitrogens with two attached hydrogens (primary N) is 1. The molecule has 12 heavy (non-hydrogen) atoms. The highest BCUT2D eigenvalue weighted by molar-refractivity contribution is 5.73. The summed E-state index contributed by atoms with van der Waals surface area (Å²) in [6.07, 6.45) is 0.714. The van der Waals surface area contributed by atoms with Gasteiger partial charge >= 0.3 is 0 Å². The van der Waals surface area contributed by atoms with E-state index in [4.69, 9.17) is 15.7 Å². The minimum Gasteiger partial charge on any atom is -0.370 e. The van der Waals surface area contributed by atoms with Crippen molar-refractivity contribution in [2.75, 3.05) is 32.8 Å². The fourth-order valence-corrected chi connectivity index (χ4v) is 1.28. The summed E-state index contributed by atoms with van der Waals surface area (Å²) in [5, 5.41) is 10.4. The second-order valence-electron chi connectivity index (χ2n) is 3.00. The van der Waals surface area contributed by atoms with Gasteiger partial charge in [0.2, 0.25) is 0 Å². The van der Waals surface area contributed by atoms with Crippen LogP contribution < -0.4 is 15.8 Å². The fraction of sp³-hybridized carbons (Fsp3) is 0.857. The van der Waals surface area contributed by atoms with Crippen LogP contribution >= 0.6 is 0 Å². The Hall–Kier alpha value is -0.810. The fourth-order valence-electron chi connectivity index (χ4n) is 1.28. The van der Waals surface area contributed by atoms with Gasteiger partial charge in [-0.25, -0.2) is 0 Å². The number of rotatable bonds is 3. The van der Waals surface area contributed by atoms with E-state index in [1.165, 1.54) is 4.90 Å². The number of amidine groups is 1. The van der Waals surface area contributed by atoms with Crippen LogP contribution in [0.4, 0.5) is 0 Å². The third-order valence-electron chi connectivity index (χ3n) is 2.09. The Morgan fingerprint density at radius 2 is 2.17 bits per heavy atom. The first-order valence-corrected chi connectivity index (χ1v) is 4.25. The van der Waals surface area contributed by atoms with Crippen molar-refractivity contribution in [3.05, 3.63) is 0 Å². The monoisotopic (exact) mass is 175 g/mol. The molecule has 0 spiro atoms. The molecule has 0 aromatic carbocycles. The first-order valence-electron chi connectivity index (χ1n) is 4.25. The lowest BCUT2D eigenvalue weighted by Crippen LogP contribution is -3.14. The van der Waals surface area contributed by atoms with E-state index < -0.39 is 0 Å². The van der Waals surface area contributed by atoms with E-state index in [0.717, 1.165) is 32.8 Å². The molecule has 0 radical (unpaired) electrons. The van der Waals surface area contributed by atoms with Crippen LogP contribution in [0.2, 0.25) is 0 Å². The van der Waals surface area contributed by atoms with Crippen LogP contribution in [0.25, 0.3) is 0 Å². The maximum absolute atomic E-state index is 8.42. The highest BCUT2D eigenvalue weighted by Gasteiger charge is 2.14. The third-order valence-corrected chi connectivity index (χ3v) is 2.09. The Kier molecular flexibility index (Phi) is 3.83. The molecule has 0 aromatic rings. The van der Waals surface area contributed by atoms with Crippen LogP contribution in [0.5, 0.6) is 0 Å². The summed E-state index contributed by atoms with van der Waals surface area (Å²) in [7, 11) is 0. The summed E-state index contributed by atoms with van der Waals surface area (Å²) in [4.78, 5) is 1.49. The van der Waals surface area contributed by atoms with Crippen molar-refractivity contribution < 1.29 is 20.0 Å². The van der Waals surface area contributed by atoms with Crippen molar-refractivity contribution >= 4 is 5.84 Å². The van der Waals surface area contributed by atoms with Gasteiger partial charge in [-0.2, -0.15) is 0 Å². The van der Waals surface area contributed by atoms with Gasteiger partial charge in [-0.1, -0.05) is 5.16 Å². The molecule has 0 aromatic heterocycles. The second kappa shape index (κ2) is 4.95. The molecule has 5 N–H and O–H groups in total. The van der Waals surface area contributed by atoms with Crippen molar-refractivity contribution in [2.24, 2.45) is 5.73 Å². The highest BCUT2D eigenvalue weighted by atomic mass is 16.5. The minimum atomic E-state index is 0.439. The molecule has 5 heteroatoms. The number of ether oxygens (including phenoxy) is 1. The normalized spacial score (nSPS) is 21.2. The molecule has 0 amide bonds. The van der Waals surface area contributed by atoms with Crippen LogP contribution in [-0.4, -0.2) is 43.9 Å². The zero-order valence-corrected chi connectivity index (χ0v) is 7.18. The van der Waals surface area contributed by atoms with Gasteiger partial charge in [0.1, 0.15) is 19.5 Å². The van der Waals surface area contributed by atoms with E-state index in [9.17, 15) is 0 Å². The first-order chi connectivity index (χ1) is 5.83. The van der Waals surface area contributed by atoms with Crippen LogP contribution in [0.1, 0.15) is 6.42 Å². The smallest absolute Gasteiger partial charge is 0.284 e. The van der Waals surface area contributed by atoms with Gasteiger partial charge < -0.3 is 14.8 Å². The lowest BCUT2D eigenvalue weighted by atomic mass is 10.3. The zero-order chi connectivity index (χ0) is 8.81. The topological polar surface area (TPSA) is 73.9 Å². The van der Waals surface area contributed by atoms with Crippen molar-refractivity contribution in [1.82, 2.24) is 0 Å². The van der Waals surface area contributed by atoms with Crippen molar-refractivity contribution in [2.45, 2.75) is 6.42 Å². The number of hydrogen-bond acceptors (Lipinski definition) is 2. The Morgan fingerprint density at radius 3 is 2.75 bits per heavy atom. The van der Waals surface area contributed by atoms with Crippen molar-refractivity contribution in [1.29, 1.82) is 0 Å². The summed E-state index contributed by atoms with van der Waals surface area (Å²) >= 11 is 0. The van der Waals surface area contributed by atoms with Gasteiger partial charge in [-0.3, -0.25) is 5.73 Å². The molecule has 5 nitrogen and oxygen atoms in total. The van der Waals surface area contributed by atoms with E-state index in [1.807, 2.05) is 5.16 Å². The van der Waals surface area contributed by atoms with Gasteiger partial charge in [0, 0.05) is 0 Å². The minimum absolute atomic E-state index is 0.439. The predicted molar refractivity (Wildman–Crippen MR) is 42.9 cm³/mol. The average Bonchev–Trinajstić information content (AvgIpc) is 2.16. The van der Waals surface area contributed by atoms with E-state index in [1.54, 1.807) is 0 Å². The number of morpholine rings is 1.